The Labute approximate surface area is 202 Å². The van der Waals surface area contributed by atoms with Gasteiger partial charge in [-0.3, -0.25) is 9.59 Å². The van der Waals surface area contributed by atoms with Gasteiger partial charge in [-0.1, -0.05) is 24.3 Å². The molecule has 3 aromatic carbocycles. The lowest BCUT2D eigenvalue weighted by Crippen LogP contribution is -2.22. The summed E-state index contributed by atoms with van der Waals surface area (Å²) in [5.41, 5.74) is 1.63. The van der Waals surface area contributed by atoms with E-state index >= 15 is 0 Å². The average molecular weight is 479 g/mol. The van der Waals surface area contributed by atoms with Crippen molar-refractivity contribution >= 4 is 40.9 Å². The fraction of sp³-hybridized carbons (Fsp3) is 0.192. The number of nitrogens with one attached hydrogen (secondary N) is 2. The standard InChI is InChI=1S/C26H26N2O5S/c1-3-32-26(31)19-12-14-20(15-13-19)28-25(30)18(2)34-23-11-7-8-21(16-23)27-24(29)17-33-22-9-5-4-6-10-22/h4-16,18H,3,17H2,1-2H3,(H,27,29)(H,28,30). The number of hydrogen-bond acceptors (Lipinski definition) is 6. The van der Waals surface area contributed by atoms with Gasteiger partial charge in [0.2, 0.25) is 5.91 Å². The van der Waals surface area contributed by atoms with Crippen molar-refractivity contribution < 1.29 is 23.9 Å². The minimum Gasteiger partial charge on any atom is -0.484 e. The molecule has 0 aliphatic carbocycles. The smallest absolute Gasteiger partial charge is 0.338 e. The number of rotatable bonds is 10. The second kappa shape index (κ2) is 12.5. The molecule has 0 fully saturated rings. The Kier molecular flexibility index (Phi) is 9.11. The Morgan fingerprint density at radius 1 is 0.882 bits per heavy atom. The lowest BCUT2D eigenvalue weighted by molar-refractivity contribution is -0.118. The van der Waals surface area contributed by atoms with Crippen LogP contribution >= 0.6 is 11.8 Å². The number of amides is 2. The van der Waals surface area contributed by atoms with Crippen molar-refractivity contribution in [3.8, 4) is 5.75 Å². The van der Waals surface area contributed by atoms with Crippen LogP contribution in [0.4, 0.5) is 11.4 Å². The van der Waals surface area contributed by atoms with E-state index in [1.54, 1.807) is 56.3 Å². The highest BCUT2D eigenvalue weighted by Crippen LogP contribution is 2.27. The van der Waals surface area contributed by atoms with Gasteiger partial charge >= 0.3 is 5.97 Å². The van der Waals surface area contributed by atoms with Crippen LogP contribution in [0.15, 0.2) is 83.8 Å². The molecule has 8 heteroatoms. The molecule has 2 amide bonds. The molecule has 0 aliphatic heterocycles. The van der Waals surface area contributed by atoms with Gasteiger partial charge in [0.15, 0.2) is 6.61 Å². The third-order valence-electron chi connectivity index (χ3n) is 4.58. The van der Waals surface area contributed by atoms with E-state index in [1.165, 1.54) is 11.8 Å². The molecule has 0 saturated carbocycles. The number of ether oxygens (including phenoxy) is 2. The van der Waals surface area contributed by atoms with E-state index in [9.17, 15) is 14.4 Å². The van der Waals surface area contributed by atoms with Gasteiger partial charge in [-0.2, -0.15) is 0 Å². The number of carbonyl (C=O) groups is 3. The zero-order valence-electron chi connectivity index (χ0n) is 18.9. The van der Waals surface area contributed by atoms with Gasteiger partial charge in [0.05, 0.1) is 17.4 Å². The van der Waals surface area contributed by atoms with Gasteiger partial charge in [0, 0.05) is 16.3 Å². The highest BCUT2D eigenvalue weighted by Gasteiger charge is 2.16. The molecule has 0 heterocycles. The van der Waals surface area contributed by atoms with Gasteiger partial charge < -0.3 is 20.1 Å². The van der Waals surface area contributed by atoms with Gasteiger partial charge in [-0.15, -0.1) is 11.8 Å². The van der Waals surface area contributed by atoms with Crippen molar-refractivity contribution in [1.82, 2.24) is 0 Å². The first-order valence-corrected chi connectivity index (χ1v) is 11.6. The topological polar surface area (TPSA) is 93.7 Å². The fourth-order valence-electron chi connectivity index (χ4n) is 2.92. The van der Waals surface area contributed by atoms with Gasteiger partial charge in [-0.25, -0.2) is 4.79 Å². The van der Waals surface area contributed by atoms with Gasteiger partial charge in [0.25, 0.3) is 5.91 Å². The quantitative estimate of drug-likeness (QED) is 0.315. The van der Waals surface area contributed by atoms with Crippen LogP contribution in [0.5, 0.6) is 5.75 Å². The Morgan fingerprint density at radius 2 is 1.62 bits per heavy atom. The van der Waals surface area contributed by atoms with Crippen molar-refractivity contribution in [2.75, 3.05) is 23.8 Å². The first-order valence-electron chi connectivity index (χ1n) is 10.8. The summed E-state index contributed by atoms with van der Waals surface area (Å²) < 4.78 is 10.4. The molecule has 34 heavy (non-hydrogen) atoms. The maximum atomic E-state index is 12.6. The molecule has 0 bridgehead atoms. The summed E-state index contributed by atoms with van der Waals surface area (Å²) in [5, 5.41) is 5.25. The van der Waals surface area contributed by atoms with E-state index < -0.39 is 11.2 Å². The average Bonchev–Trinajstić information content (AvgIpc) is 2.84. The summed E-state index contributed by atoms with van der Waals surface area (Å²) in [6, 6.07) is 22.9. The molecule has 0 aromatic heterocycles. The van der Waals surface area contributed by atoms with E-state index in [1.807, 2.05) is 36.4 Å². The molecule has 1 unspecified atom stereocenters. The second-order valence-corrected chi connectivity index (χ2v) is 8.64. The Morgan fingerprint density at radius 3 is 2.32 bits per heavy atom. The van der Waals surface area contributed by atoms with E-state index in [0.717, 1.165) is 4.90 Å². The molecule has 7 nitrogen and oxygen atoms in total. The third-order valence-corrected chi connectivity index (χ3v) is 5.67. The summed E-state index contributed by atoms with van der Waals surface area (Å²) in [4.78, 5) is 37.4. The zero-order valence-corrected chi connectivity index (χ0v) is 19.8. The molecular formula is C26H26N2O5S. The normalized spacial score (nSPS) is 11.2. The summed E-state index contributed by atoms with van der Waals surface area (Å²) in [5.74, 6) is -0.233. The Balaban J connectivity index is 1.50. The first kappa shape index (κ1) is 24.9. The molecule has 0 spiro atoms. The largest absolute Gasteiger partial charge is 0.484 e. The molecule has 1 atom stereocenters. The van der Waals surface area contributed by atoms with Crippen LogP contribution in [0, 0.1) is 0 Å². The van der Waals surface area contributed by atoms with Crippen molar-refractivity contribution in [2.45, 2.75) is 24.0 Å². The van der Waals surface area contributed by atoms with Crippen LogP contribution in [-0.2, 0) is 14.3 Å². The summed E-state index contributed by atoms with van der Waals surface area (Å²) in [6.45, 7) is 3.75. The maximum Gasteiger partial charge on any atom is 0.338 e. The summed E-state index contributed by atoms with van der Waals surface area (Å²) in [6.07, 6.45) is 0. The lowest BCUT2D eigenvalue weighted by Gasteiger charge is -2.13. The van der Waals surface area contributed by atoms with Crippen LogP contribution in [0.2, 0.25) is 0 Å². The predicted octanol–water partition coefficient (Wildman–Crippen LogP) is 5.00. The van der Waals surface area contributed by atoms with E-state index in [0.29, 0.717) is 29.3 Å². The molecule has 0 radical (unpaired) electrons. The number of esters is 1. The first-order chi connectivity index (χ1) is 16.4. The van der Waals surface area contributed by atoms with E-state index in [4.69, 9.17) is 9.47 Å². The number of carbonyl (C=O) groups excluding carboxylic acids is 3. The van der Waals surface area contributed by atoms with E-state index in [-0.39, 0.29) is 18.4 Å². The molecular weight excluding hydrogens is 452 g/mol. The highest BCUT2D eigenvalue weighted by atomic mass is 32.2. The number of thioether (sulfide) groups is 1. The maximum absolute atomic E-state index is 12.6. The van der Waals surface area contributed by atoms with Crippen LogP contribution in [0.3, 0.4) is 0 Å². The predicted molar refractivity (Wildman–Crippen MR) is 133 cm³/mol. The Bertz CT molecular complexity index is 1120. The van der Waals surface area contributed by atoms with Crippen LogP contribution in [0.25, 0.3) is 0 Å². The number of anilines is 2. The van der Waals surface area contributed by atoms with Crippen LogP contribution in [-0.4, -0.2) is 36.2 Å². The Hall–Kier alpha value is -3.78. The molecule has 0 aliphatic rings. The highest BCUT2D eigenvalue weighted by molar-refractivity contribution is 8.00. The fourth-order valence-corrected chi connectivity index (χ4v) is 3.84. The minimum absolute atomic E-state index is 0.102. The number of benzene rings is 3. The van der Waals surface area contributed by atoms with Crippen LogP contribution in [0.1, 0.15) is 24.2 Å². The second-order valence-electron chi connectivity index (χ2n) is 7.22. The summed E-state index contributed by atoms with van der Waals surface area (Å²) >= 11 is 1.37. The van der Waals surface area contributed by atoms with Gasteiger partial charge in [-0.05, 0) is 68.4 Å². The van der Waals surface area contributed by atoms with E-state index in [2.05, 4.69) is 10.6 Å². The number of para-hydroxylation sites is 1. The van der Waals surface area contributed by atoms with Crippen LogP contribution < -0.4 is 15.4 Å². The van der Waals surface area contributed by atoms with Gasteiger partial charge in [0.1, 0.15) is 5.75 Å². The SMILES string of the molecule is CCOC(=O)c1ccc(NC(=O)C(C)Sc2cccc(NC(=O)COc3ccccc3)c2)cc1. The van der Waals surface area contributed by atoms with Crippen molar-refractivity contribution in [1.29, 1.82) is 0 Å². The summed E-state index contributed by atoms with van der Waals surface area (Å²) in [7, 11) is 0. The lowest BCUT2D eigenvalue weighted by atomic mass is 10.2. The van der Waals surface area contributed by atoms with Crippen molar-refractivity contribution in [2.24, 2.45) is 0 Å². The van der Waals surface area contributed by atoms with Crippen molar-refractivity contribution in [3.05, 3.63) is 84.4 Å². The third kappa shape index (κ3) is 7.67. The number of hydrogen-bond donors (Lipinski definition) is 2. The zero-order chi connectivity index (χ0) is 24.3. The van der Waals surface area contributed by atoms with Crippen molar-refractivity contribution in [3.63, 3.8) is 0 Å². The molecule has 176 valence electrons. The molecule has 0 saturated heterocycles. The minimum atomic E-state index is -0.400. The molecule has 2 N–H and O–H groups in total. The monoisotopic (exact) mass is 478 g/mol. The molecule has 3 aromatic rings. The molecule has 3 rings (SSSR count).